The van der Waals surface area contributed by atoms with Crippen molar-refractivity contribution in [3.05, 3.63) is 0 Å². The first-order chi connectivity index (χ1) is 7.29. The van der Waals surface area contributed by atoms with Crippen LogP contribution >= 0.6 is 0 Å². The third kappa shape index (κ3) is 4.10. The van der Waals surface area contributed by atoms with Crippen LogP contribution in [0.2, 0.25) is 0 Å². The lowest BCUT2D eigenvalue weighted by atomic mass is 9.95. The zero-order valence-electron chi connectivity index (χ0n) is 10.6. The summed E-state index contributed by atoms with van der Waals surface area (Å²) in [4.78, 5) is 13.6. The zero-order valence-corrected chi connectivity index (χ0v) is 10.6. The summed E-state index contributed by atoms with van der Waals surface area (Å²) >= 11 is 0. The number of hydrogen-bond donors (Lipinski definition) is 2. The zero-order chi connectivity index (χ0) is 12.3. The summed E-state index contributed by atoms with van der Waals surface area (Å²) < 4.78 is 0. The van der Waals surface area contributed by atoms with E-state index < -0.39 is 0 Å². The topological polar surface area (TPSA) is 66.6 Å². The van der Waals surface area contributed by atoms with Gasteiger partial charge in [0, 0.05) is 25.0 Å². The molecule has 1 aliphatic heterocycles. The molecule has 1 fully saturated rings. The van der Waals surface area contributed by atoms with Crippen LogP contribution in [-0.4, -0.2) is 40.6 Å². The second-order valence-corrected chi connectivity index (χ2v) is 5.66. The van der Waals surface area contributed by atoms with Crippen LogP contribution in [0.15, 0.2) is 0 Å². The Morgan fingerprint density at radius 3 is 2.69 bits per heavy atom. The number of hydrogen-bond acceptors (Lipinski definition) is 3. The summed E-state index contributed by atoms with van der Waals surface area (Å²) in [6.07, 6.45) is 1.68. The first kappa shape index (κ1) is 13.5. The number of piperidine rings is 1. The number of likely N-dealkylation sites (tertiary alicyclic amines) is 1. The molecular weight excluding hydrogens is 204 g/mol. The van der Waals surface area contributed by atoms with Crippen LogP contribution in [0, 0.1) is 5.92 Å². The van der Waals surface area contributed by atoms with Crippen molar-refractivity contribution in [2.75, 3.05) is 13.1 Å². The third-order valence-corrected chi connectivity index (χ3v) is 3.25. The summed E-state index contributed by atoms with van der Waals surface area (Å²) in [5.74, 6) is 0.416. The van der Waals surface area contributed by atoms with Gasteiger partial charge < -0.3 is 15.7 Å². The molecule has 1 saturated heterocycles. The Labute approximate surface area is 97.8 Å². The SMILES string of the molecule is CC1CCN(C(=O)CCC(C)(C)N)CC1O. The fourth-order valence-electron chi connectivity index (χ4n) is 1.86. The van der Waals surface area contributed by atoms with Crippen molar-refractivity contribution in [2.24, 2.45) is 11.7 Å². The summed E-state index contributed by atoms with van der Waals surface area (Å²) in [6.45, 7) is 7.11. The van der Waals surface area contributed by atoms with Crippen molar-refractivity contribution in [1.29, 1.82) is 0 Å². The van der Waals surface area contributed by atoms with E-state index in [-0.39, 0.29) is 17.6 Å². The molecule has 0 bridgehead atoms. The molecule has 0 aromatic heterocycles. The van der Waals surface area contributed by atoms with Crippen molar-refractivity contribution in [2.45, 2.75) is 51.7 Å². The molecule has 2 unspecified atom stereocenters. The molecule has 4 nitrogen and oxygen atoms in total. The molecule has 4 heteroatoms. The highest BCUT2D eigenvalue weighted by Gasteiger charge is 2.27. The summed E-state index contributed by atoms with van der Waals surface area (Å²) in [6, 6.07) is 0. The maximum atomic E-state index is 11.9. The summed E-state index contributed by atoms with van der Waals surface area (Å²) in [5, 5.41) is 9.71. The molecular formula is C12H24N2O2. The van der Waals surface area contributed by atoms with E-state index in [4.69, 9.17) is 5.73 Å². The summed E-state index contributed by atoms with van der Waals surface area (Å²) in [5.41, 5.74) is 5.55. The highest BCUT2D eigenvalue weighted by molar-refractivity contribution is 5.76. The van der Waals surface area contributed by atoms with Crippen LogP contribution < -0.4 is 5.73 Å². The van der Waals surface area contributed by atoms with Crippen LogP contribution in [0.25, 0.3) is 0 Å². The fourth-order valence-corrected chi connectivity index (χ4v) is 1.86. The lowest BCUT2D eigenvalue weighted by molar-refractivity contribution is -0.135. The molecule has 0 aromatic carbocycles. The predicted molar refractivity (Wildman–Crippen MR) is 63.9 cm³/mol. The number of nitrogens with two attached hydrogens (primary N) is 1. The number of aliphatic hydroxyl groups excluding tert-OH is 1. The number of carbonyl (C=O) groups is 1. The van der Waals surface area contributed by atoms with Crippen molar-refractivity contribution >= 4 is 5.91 Å². The number of amides is 1. The molecule has 1 aliphatic rings. The van der Waals surface area contributed by atoms with Gasteiger partial charge in [0.1, 0.15) is 0 Å². The molecule has 1 rings (SSSR count). The quantitative estimate of drug-likeness (QED) is 0.748. The van der Waals surface area contributed by atoms with E-state index in [1.165, 1.54) is 0 Å². The maximum Gasteiger partial charge on any atom is 0.222 e. The Hall–Kier alpha value is -0.610. The van der Waals surface area contributed by atoms with Gasteiger partial charge in [-0.3, -0.25) is 4.79 Å². The fraction of sp³-hybridized carbons (Fsp3) is 0.917. The van der Waals surface area contributed by atoms with E-state index in [0.717, 1.165) is 13.0 Å². The van der Waals surface area contributed by atoms with Gasteiger partial charge in [-0.05, 0) is 32.6 Å². The Morgan fingerprint density at radius 2 is 2.19 bits per heavy atom. The molecule has 1 heterocycles. The Balaban J connectivity index is 2.38. The number of aliphatic hydroxyl groups is 1. The van der Waals surface area contributed by atoms with E-state index in [9.17, 15) is 9.90 Å². The number of nitrogens with zero attached hydrogens (tertiary/aromatic N) is 1. The molecule has 16 heavy (non-hydrogen) atoms. The number of β-amino-alcohol motifs (C(OH)–C–C–N with tert-alkyl or cyclic N) is 1. The monoisotopic (exact) mass is 228 g/mol. The van der Waals surface area contributed by atoms with Crippen LogP contribution in [0.5, 0.6) is 0 Å². The molecule has 0 saturated carbocycles. The largest absolute Gasteiger partial charge is 0.391 e. The van der Waals surface area contributed by atoms with Crippen LogP contribution in [-0.2, 0) is 4.79 Å². The number of rotatable bonds is 3. The van der Waals surface area contributed by atoms with Gasteiger partial charge in [-0.1, -0.05) is 6.92 Å². The molecule has 0 radical (unpaired) electrons. The average Bonchev–Trinajstić information content (AvgIpc) is 2.17. The molecule has 2 atom stereocenters. The maximum absolute atomic E-state index is 11.9. The van der Waals surface area contributed by atoms with Crippen LogP contribution in [0.4, 0.5) is 0 Å². The van der Waals surface area contributed by atoms with Crippen molar-refractivity contribution in [3.63, 3.8) is 0 Å². The van der Waals surface area contributed by atoms with Gasteiger partial charge in [0.15, 0.2) is 0 Å². The second kappa shape index (κ2) is 5.15. The standard InChI is InChI=1S/C12H24N2O2/c1-9-5-7-14(8-10(9)15)11(16)4-6-12(2,3)13/h9-10,15H,4-8,13H2,1-3H3. The van der Waals surface area contributed by atoms with Gasteiger partial charge in [-0.2, -0.15) is 0 Å². The highest BCUT2D eigenvalue weighted by atomic mass is 16.3. The third-order valence-electron chi connectivity index (χ3n) is 3.25. The Bertz CT molecular complexity index is 248. The van der Waals surface area contributed by atoms with Crippen molar-refractivity contribution in [3.8, 4) is 0 Å². The minimum atomic E-state index is -0.372. The first-order valence-corrected chi connectivity index (χ1v) is 6.04. The minimum Gasteiger partial charge on any atom is -0.391 e. The van der Waals surface area contributed by atoms with Crippen molar-refractivity contribution < 1.29 is 9.90 Å². The van der Waals surface area contributed by atoms with Gasteiger partial charge in [0.05, 0.1) is 6.10 Å². The van der Waals surface area contributed by atoms with Crippen LogP contribution in [0.3, 0.4) is 0 Å². The first-order valence-electron chi connectivity index (χ1n) is 6.04. The van der Waals surface area contributed by atoms with E-state index in [0.29, 0.717) is 25.3 Å². The predicted octanol–water partition coefficient (Wildman–Crippen LogP) is 0.733. The second-order valence-electron chi connectivity index (χ2n) is 5.66. The summed E-state index contributed by atoms with van der Waals surface area (Å²) in [7, 11) is 0. The van der Waals surface area contributed by atoms with E-state index in [2.05, 4.69) is 0 Å². The average molecular weight is 228 g/mol. The molecule has 0 aromatic rings. The Kier molecular flexibility index (Phi) is 4.33. The van der Waals surface area contributed by atoms with Gasteiger partial charge in [0.2, 0.25) is 5.91 Å². The highest BCUT2D eigenvalue weighted by Crippen LogP contribution is 2.18. The smallest absolute Gasteiger partial charge is 0.222 e. The van der Waals surface area contributed by atoms with Gasteiger partial charge >= 0.3 is 0 Å². The molecule has 3 N–H and O–H groups in total. The van der Waals surface area contributed by atoms with Gasteiger partial charge in [-0.15, -0.1) is 0 Å². The number of carbonyl (C=O) groups excluding carboxylic acids is 1. The lowest BCUT2D eigenvalue weighted by Gasteiger charge is -2.34. The van der Waals surface area contributed by atoms with Gasteiger partial charge in [0.25, 0.3) is 0 Å². The lowest BCUT2D eigenvalue weighted by Crippen LogP contribution is -2.46. The normalized spacial score (nSPS) is 26.9. The molecule has 0 aliphatic carbocycles. The van der Waals surface area contributed by atoms with E-state index >= 15 is 0 Å². The molecule has 94 valence electrons. The minimum absolute atomic E-state index is 0.115. The van der Waals surface area contributed by atoms with Crippen molar-refractivity contribution in [1.82, 2.24) is 4.90 Å². The molecule has 1 amide bonds. The van der Waals surface area contributed by atoms with E-state index in [1.807, 2.05) is 20.8 Å². The Morgan fingerprint density at radius 1 is 1.56 bits per heavy atom. The molecule has 0 spiro atoms. The van der Waals surface area contributed by atoms with Gasteiger partial charge in [-0.25, -0.2) is 0 Å². The van der Waals surface area contributed by atoms with Crippen LogP contribution in [0.1, 0.15) is 40.0 Å². The van der Waals surface area contributed by atoms with E-state index in [1.54, 1.807) is 4.90 Å².